The first-order valence-electron chi connectivity index (χ1n) is 4.50. The van der Waals surface area contributed by atoms with Crippen LogP contribution in [-0.2, 0) is 4.74 Å². The van der Waals surface area contributed by atoms with Crippen molar-refractivity contribution in [3.8, 4) is 0 Å². The molecule has 2 aliphatic heterocycles. The average molecular weight is 165 g/mol. The highest BCUT2D eigenvalue weighted by Crippen LogP contribution is 2.38. The van der Waals surface area contributed by atoms with Crippen molar-refractivity contribution >= 4 is 6.09 Å². The number of ether oxygens (including phenoxy) is 1. The topological polar surface area (TPSA) is 29.5 Å². The van der Waals surface area contributed by atoms with Gasteiger partial charge in [0.05, 0.1) is 6.04 Å². The molecule has 0 aromatic carbocycles. The molecule has 0 bridgehead atoms. The minimum absolute atomic E-state index is 0.101. The molecule has 0 aromatic rings. The monoisotopic (exact) mass is 165 g/mol. The van der Waals surface area contributed by atoms with Gasteiger partial charge in [-0.3, -0.25) is 0 Å². The van der Waals surface area contributed by atoms with Gasteiger partial charge in [-0.1, -0.05) is 12.2 Å². The first kappa shape index (κ1) is 6.52. The number of nitrogens with zero attached hydrogens (tertiary/aromatic N) is 1. The van der Waals surface area contributed by atoms with E-state index < -0.39 is 0 Å². The summed E-state index contributed by atoms with van der Waals surface area (Å²) in [6, 6.07) is 0.363. The Morgan fingerprint density at radius 3 is 3.42 bits per heavy atom. The largest absolute Gasteiger partial charge is 0.444 e. The highest BCUT2D eigenvalue weighted by molar-refractivity contribution is 5.71. The van der Waals surface area contributed by atoms with Crippen molar-refractivity contribution in [1.29, 1.82) is 0 Å². The van der Waals surface area contributed by atoms with Gasteiger partial charge in [0.25, 0.3) is 0 Å². The molecule has 64 valence electrons. The summed E-state index contributed by atoms with van der Waals surface area (Å²) < 4.78 is 5.23. The van der Waals surface area contributed by atoms with E-state index in [2.05, 4.69) is 12.2 Å². The molecule has 0 unspecified atom stereocenters. The Morgan fingerprint density at radius 1 is 1.58 bits per heavy atom. The van der Waals surface area contributed by atoms with Crippen LogP contribution in [0.4, 0.5) is 4.79 Å². The Balaban J connectivity index is 2.00. The number of carbonyl (C=O) groups excluding carboxylic acids is 1. The van der Waals surface area contributed by atoms with E-state index in [1.165, 1.54) is 0 Å². The molecule has 0 N–H and O–H groups in total. The van der Waals surface area contributed by atoms with Crippen LogP contribution in [0.5, 0.6) is 0 Å². The van der Waals surface area contributed by atoms with Crippen LogP contribution < -0.4 is 0 Å². The van der Waals surface area contributed by atoms with Crippen LogP contribution in [0.2, 0.25) is 0 Å². The van der Waals surface area contributed by atoms with Gasteiger partial charge in [-0.2, -0.15) is 0 Å². The van der Waals surface area contributed by atoms with Crippen LogP contribution in [0.15, 0.2) is 12.2 Å². The van der Waals surface area contributed by atoms with E-state index in [-0.39, 0.29) is 12.2 Å². The lowest BCUT2D eigenvalue weighted by Crippen LogP contribution is -2.35. The van der Waals surface area contributed by atoms with Crippen molar-refractivity contribution in [2.45, 2.75) is 25.0 Å². The molecule has 3 aliphatic rings. The van der Waals surface area contributed by atoms with Crippen LogP contribution in [-0.4, -0.2) is 29.7 Å². The fraction of sp³-hybridized carbons (Fsp3) is 0.667. The van der Waals surface area contributed by atoms with E-state index in [0.717, 1.165) is 19.4 Å². The highest BCUT2D eigenvalue weighted by Gasteiger charge is 2.49. The van der Waals surface area contributed by atoms with Gasteiger partial charge in [0.2, 0.25) is 0 Å². The van der Waals surface area contributed by atoms with E-state index in [9.17, 15) is 4.79 Å². The quantitative estimate of drug-likeness (QED) is 0.504. The van der Waals surface area contributed by atoms with Crippen molar-refractivity contribution in [1.82, 2.24) is 4.90 Å². The number of hydrogen-bond donors (Lipinski definition) is 0. The standard InChI is InChI=1S/C9H11NO2/c11-9-10-5-4-6-2-1-3-7(12-9)8(6)10/h1-2,6-8H,3-5H2/t6-,7-,8+/m0/s1. The lowest BCUT2D eigenvalue weighted by Gasteiger charge is -2.23. The van der Waals surface area contributed by atoms with Gasteiger partial charge in [0, 0.05) is 18.9 Å². The predicted molar refractivity (Wildman–Crippen MR) is 42.6 cm³/mol. The average Bonchev–Trinajstić information content (AvgIpc) is 2.60. The Kier molecular flexibility index (Phi) is 1.10. The maximum atomic E-state index is 11.3. The predicted octanol–water partition coefficient (Wildman–Crippen LogP) is 1.16. The van der Waals surface area contributed by atoms with Crippen LogP contribution in [0.1, 0.15) is 12.8 Å². The maximum Gasteiger partial charge on any atom is 0.410 e. The van der Waals surface area contributed by atoms with Gasteiger partial charge in [0.15, 0.2) is 0 Å². The van der Waals surface area contributed by atoms with Gasteiger partial charge in [-0.05, 0) is 6.42 Å². The normalized spacial score (nSPS) is 43.2. The SMILES string of the molecule is O=C1O[C@H]2CC=C[C@H]3CCN1[C@@H]23. The summed E-state index contributed by atoms with van der Waals surface area (Å²) in [5, 5.41) is 0. The Bertz CT molecular complexity index is 261. The third kappa shape index (κ3) is 0.642. The second kappa shape index (κ2) is 2.03. The summed E-state index contributed by atoms with van der Waals surface area (Å²) in [7, 11) is 0. The van der Waals surface area contributed by atoms with Crippen molar-refractivity contribution in [2.75, 3.05) is 6.54 Å². The first-order valence-corrected chi connectivity index (χ1v) is 4.50. The van der Waals surface area contributed by atoms with Gasteiger partial charge in [0.1, 0.15) is 6.10 Å². The summed E-state index contributed by atoms with van der Waals surface area (Å²) in [4.78, 5) is 13.2. The smallest absolute Gasteiger partial charge is 0.410 e. The zero-order chi connectivity index (χ0) is 8.13. The first-order chi connectivity index (χ1) is 5.86. The molecule has 1 amide bonds. The van der Waals surface area contributed by atoms with E-state index in [1.54, 1.807) is 0 Å². The minimum Gasteiger partial charge on any atom is -0.444 e. The van der Waals surface area contributed by atoms with Crippen molar-refractivity contribution in [3.63, 3.8) is 0 Å². The van der Waals surface area contributed by atoms with Gasteiger partial charge in [-0.25, -0.2) is 4.79 Å². The van der Waals surface area contributed by atoms with Crippen molar-refractivity contribution < 1.29 is 9.53 Å². The molecule has 2 saturated heterocycles. The molecule has 3 heteroatoms. The van der Waals surface area contributed by atoms with Crippen LogP contribution >= 0.6 is 0 Å². The minimum atomic E-state index is -0.101. The van der Waals surface area contributed by atoms with Gasteiger partial charge < -0.3 is 9.64 Å². The third-order valence-corrected chi connectivity index (χ3v) is 3.12. The second-order valence-electron chi connectivity index (χ2n) is 3.72. The Hall–Kier alpha value is -0.990. The second-order valence-corrected chi connectivity index (χ2v) is 3.72. The molecular formula is C9H11NO2. The van der Waals surface area contributed by atoms with Crippen molar-refractivity contribution in [3.05, 3.63) is 12.2 Å². The summed E-state index contributed by atoms with van der Waals surface area (Å²) >= 11 is 0. The molecule has 0 spiro atoms. The zero-order valence-corrected chi connectivity index (χ0v) is 6.77. The summed E-state index contributed by atoms with van der Waals surface area (Å²) in [5.41, 5.74) is 0. The molecule has 0 saturated carbocycles. The fourth-order valence-corrected chi connectivity index (χ4v) is 2.58. The number of rotatable bonds is 0. The van der Waals surface area contributed by atoms with E-state index in [0.29, 0.717) is 12.0 Å². The molecule has 12 heavy (non-hydrogen) atoms. The highest BCUT2D eigenvalue weighted by atomic mass is 16.6. The molecule has 3 nitrogen and oxygen atoms in total. The van der Waals surface area contributed by atoms with E-state index in [1.807, 2.05) is 4.90 Å². The third-order valence-electron chi connectivity index (χ3n) is 3.12. The van der Waals surface area contributed by atoms with Gasteiger partial charge >= 0.3 is 6.09 Å². The van der Waals surface area contributed by atoms with E-state index >= 15 is 0 Å². The summed E-state index contributed by atoms with van der Waals surface area (Å²) in [6.45, 7) is 0.884. The number of carbonyl (C=O) groups is 1. The Labute approximate surface area is 71.0 Å². The van der Waals surface area contributed by atoms with Crippen LogP contribution in [0, 0.1) is 5.92 Å². The molecular weight excluding hydrogens is 154 g/mol. The Morgan fingerprint density at radius 2 is 2.50 bits per heavy atom. The van der Waals surface area contributed by atoms with E-state index in [4.69, 9.17) is 4.74 Å². The molecule has 2 fully saturated rings. The van der Waals surface area contributed by atoms with Gasteiger partial charge in [-0.15, -0.1) is 0 Å². The maximum absolute atomic E-state index is 11.3. The molecule has 2 heterocycles. The van der Waals surface area contributed by atoms with Crippen molar-refractivity contribution in [2.24, 2.45) is 5.92 Å². The zero-order valence-electron chi connectivity index (χ0n) is 6.77. The van der Waals surface area contributed by atoms with Crippen LogP contribution in [0.25, 0.3) is 0 Å². The summed E-state index contributed by atoms with van der Waals surface area (Å²) in [5.74, 6) is 0.565. The molecule has 0 aromatic heterocycles. The van der Waals surface area contributed by atoms with Crippen LogP contribution in [0.3, 0.4) is 0 Å². The summed E-state index contributed by atoms with van der Waals surface area (Å²) in [6.07, 6.45) is 6.46. The number of amides is 1. The fourth-order valence-electron chi connectivity index (χ4n) is 2.58. The molecule has 3 atom stereocenters. The molecule has 0 radical (unpaired) electrons. The molecule has 3 rings (SSSR count). The lowest BCUT2D eigenvalue weighted by molar-refractivity contribution is 0.122. The lowest BCUT2D eigenvalue weighted by atomic mass is 9.89. The number of hydrogen-bond acceptors (Lipinski definition) is 2. The molecule has 1 aliphatic carbocycles.